The van der Waals surface area contributed by atoms with Crippen molar-refractivity contribution in [3.8, 4) is 0 Å². The zero-order valence-electron chi connectivity index (χ0n) is 6.34. The van der Waals surface area contributed by atoms with Crippen molar-refractivity contribution in [2.45, 2.75) is 25.7 Å². The van der Waals surface area contributed by atoms with Crippen LogP contribution >= 0.6 is 0 Å². The Hall–Kier alpha value is -0.520. The predicted molar refractivity (Wildman–Crippen MR) is 43.7 cm³/mol. The fourth-order valence-corrected chi connectivity index (χ4v) is 2.14. The van der Waals surface area contributed by atoms with E-state index in [4.69, 9.17) is 0 Å². The quantitative estimate of drug-likeness (QED) is 0.484. The van der Waals surface area contributed by atoms with Gasteiger partial charge < -0.3 is 0 Å². The Labute approximate surface area is 62.6 Å². The van der Waals surface area contributed by atoms with E-state index in [1.165, 1.54) is 25.7 Å². The summed E-state index contributed by atoms with van der Waals surface area (Å²) in [6.45, 7) is 3.90. The molecule has 0 aromatic carbocycles. The molecule has 3 rings (SSSR count). The molecule has 2 bridgehead atoms. The smallest absolute Gasteiger partial charge is 0.00588 e. The van der Waals surface area contributed by atoms with Crippen LogP contribution < -0.4 is 0 Å². The number of allylic oxidation sites excluding steroid dienone is 3. The summed E-state index contributed by atoms with van der Waals surface area (Å²) in [7, 11) is 0. The van der Waals surface area contributed by atoms with Crippen LogP contribution in [0.4, 0.5) is 0 Å². The zero-order valence-corrected chi connectivity index (χ0v) is 6.34. The molecule has 0 saturated heterocycles. The van der Waals surface area contributed by atoms with Gasteiger partial charge in [-0.15, -0.1) is 6.58 Å². The second kappa shape index (κ2) is 1.98. The Morgan fingerprint density at radius 1 is 1.40 bits per heavy atom. The topological polar surface area (TPSA) is 0 Å². The normalized spacial score (nSPS) is 43.8. The van der Waals surface area contributed by atoms with E-state index in [-0.39, 0.29) is 0 Å². The molecular formula is C10H14. The maximum atomic E-state index is 3.90. The van der Waals surface area contributed by atoms with Crippen LogP contribution in [0.25, 0.3) is 0 Å². The average molecular weight is 134 g/mol. The third kappa shape index (κ3) is 0.749. The zero-order chi connectivity index (χ0) is 7.03. The van der Waals surface area contributed by atoms with Crippen molar-refractivity contribution in [3.05, 3.63) is 24.8 Å². The van der Waals surface area contributed by atoms with Crippen molar-refractivity contribution in [1.82, 2.24) is 0 Å². The van der Waals surface area contributed by atoms with Gasteiger partial charge in [-0.2, -0.15) is 0 Å². The van der Waals surface area contributed by atoms with Gasteiger partial charge in [-0.05, 0) is 31.6 Å². The Bertz CT molecular complexity index is 168. The number of hydrogen-bond donors (Lipinski definition) is 0. The maximum Gasteiger partial charge on any atom is 0.00588 e. The first kappa shape index (κ1) is 6.21. The lowest BCUT2D eigenvalue weighted by atomic mass is 9.65. The molecule has 0 aromatic rings. The Morgan fingerprint density at radius 2 is 2.10 bits per heavy atom. The highest BCUT2D eigenvalue weighted by molar-refractivity contribution is 5.17. The van der Waals surface area contributed by atoms with Gasteiger partial charge in [-0.25, -0.2) is 0 Å². The van der Waals surface area contributed by atoms with Gasteiger partial charge in [0.25, 0.3) is 0 Å². The van der Waals surface area contributed by atoms with E-state index in [9.17, 15) is 0 Å². The van der Waals surface area contributed by atoms with Crippen molar-refractivity contribution in [2.75, 3.05) is 0 Å². The van der Waals surface area contributed by atoms with E-state index in [0.717, 1.165) is 5.92 Å². The lowest BCUT2D eigenvalue weighted by Gasteiger charge is -2.39. The summed E-state index contributed by atoms with van der Waals surface area (Å²) < 4.78 is 0. The van der Waals surface area contributed by atoms with Crippen LogP contribution in [0.1, 0.15) is 25.7 Å². The SMILES string of the molecule is C=CC12C=CC(CC1)CC2. The van der Waals surface area contributed by atoms with E-state index in [2.05, 4.69) is 24.8 Å². The lowest BCUT2D eigenvalue weighted by molar-refractivity contribution is 0.256. The van der Waals surface area contributed by atoms with Gasteiger partial charge in [0, 0.05) is 5.41 Å². The van der Waals surface area contributed by atoms with Gasteiger partial charge in [0.1, 0.15) is 0 Å². The van der Waals surface area contributed by atoms with Gasteiger partial charge in [-0.1, -0.05) is 18.2 Å². The van der Waals surface area contributed by atoms with Crippen LogP contribution in [0.5, 0.6) is 0 Å². The molecule has 0 atom stereocenters. The highest BCUT2D eigenvalue weighted by Gasteiger charge is 2.33. The average Bonchev–Trinajstić information content (AvgIpc) is 2.08. The summed E-state index contributed by atoms with van der Waals surface area (Å²) in [5, 5.41) is 0. The fourth-order valence-electron chi connectivity index (χ4n) is 2.14. The summed E-state index contributed by atoms with van der Waals surface area (Å²) in [5.41, 5.74) is 0.411. The highest BCUT2D eigenvalue weighted by Crippen LogP contribution is 2.45. The molecular weight excluding hydrogens is 120 g/mol. The number of rotatable bonds is 1. The molecule has 0 heterocycles. The lowest BCUT2D eigenvalue weighted by Crippen LogP contribution is -2.27. The second-order valence-corrected chi connectivity index (χ2v) is 3.63. The molecule has 0 spiro atoms. The van der Waals surface area contributed by atoms with Crippen molar-refractivity contribution in [2.24, 2.45) is 11.3 Å². The predicted octanol–water partition coefficient (Wildman–Crippen LogP) is 2.92. The van der Waals surface area contributed by atoms with E-state index < -0.39 is 0 Å². The molecule has 1 fully saturated rings. The van der Waals surface area contributed by atoms with Crippen LogP contribution in [0.2, 0.25) is 0 Å². The third-order valence-electron chi connectivity index (χ3n) is 3.07. The van der Waals surface area contributed by atoms with Crippen LogP contribution in [-0.2, 0) is 0 Å². The first-order valence-corrected chi connectivity index (χ1v) is 4.18. The van der Waals surface area contributed by atoms with Gasteiger partial charge >= 0.3 is 0 Å². The first-order valence-electron chi connectivity index (χ1n) is 4.18. The number of hydrogen-bond acceptors (Lipinski definition) is 0. The summed E-state index contributed by atoms with van der Waals surface area (Å²) in [4.78, 5) is 0. The van der Waals surface area contributed by atoms with Crippen molar-refractivity contribution in [3.63, 3.8) is 0 Å². The van der Waals surface area contributed by atoms with E-state index >= 15 is 0 Å². The summed E-state index contributed by atoms with van der Waals surface area (Å²) in [5.74, 6) is 0.904. The maximum absolute atomic E-state index is 3.90. The van der Waals surface area contributed by atoms with E-state index in [1.807, 2.05) is 0 Å². The Balaban J connectivity index is 2.30. The van der Waals surface area contributed by atoms with Crippen LogP contribution in [-0.4, -0.2) is 0 Å². The minimum atomic E-state index is 0.411. The van der Waals surface area contributed by atoms with Crippen LogP contribution in [0.15, 0.2) is 24.8 Å². The van der Waals surface area contributed by atoms with Crippen LogP contribution in [0, 0.1) is 11.3 Å². The van der Waals surface area contributed by atoms with Crippen molar-refractivity contribution in [1.29, 1.82) is 0 Å². The molecule has 10 heavy (non-hydrogen) atoms. The number of fused-ring (bicyclic) bond motifs is 2. The molecule has 1 saturated carbocycles. The summed E-state index contributed by atoms with van der Waals surface area (Å²) in [6, 6.07) is 0. The summed E-state index contributed by atoms with van der Waals surface area (Å²) >= 11 is 0. The van der Waals surface area contributed by atoms with E-state index in [0.29, 0.717) is 5.41 Å². The minimum absolute atomic E-state index is 0.411. The highest BCUT2D eigenvalue weighted by atomic mass is 14.4. The van der Waals surface area contributed by atoms with Crippen molar-refractivity contribution >= 4 is 0 Å². The molecule has 0 nitrogen and oxygen atoms in total. The molecule has 0 aliphatic heterocycles. The Kier molecular flexibility index (Phi) is 1.23. The molecule has 54 valence electrons. The molecule has 0 aromatic heterocycles. The molecule has 0 unspecified atom stereocenters. The van der Waals surface area contributed by atoms with Gasteiger partial charge in [0.05, 0.1) is 0 Å². The monoisotopic (exact) mass is 134 g/mol. The first-order chi connectivity index (χ1) is 4.85. The third-order valence-corrected chi connectivity index (χ3v) is 3.07. The molecule has 0 radical (unpaired) electrons. The van der Waals surface area contributed by atoms with E-state index in [1.54, 1.807) is 0 Å². The fraction of sp³-hybridized carbons (Fsp3) is 0.600. The molecule has 0 N–H and O–H groups in total. The van der Waals surface area contributed by atoms with Crippen LogP contribution in [0.3, 0.4) is 0 Å². The van der Waals surface area contributed by atoms with Gasteiger partial charge in [0.15, 0.2) is 0 Å². The Morgan fingerprint density at radius 3 is 2.40 bits per heavy atom. The second-order valence-electron chi connectivity index (χ2n) is 3.63. The minimum Gasteiger partial charge on any atom is -0.102 e. The van der Waals surface area contributed by atoms with Crippen molar-refractivity contribution < 1.29 is 0 Å². The standard InChI is InChI=1S/C10H14/c1-2-10-6-3-9(4-7-10)5-8-10/h2-3,6,9H,1,4-5,7-8H2. The van der Waals surface area contributed by atoms with Gasteiger partial charge in [-0.3, -0.25) is 0 Å². The molecule has 0 amide bonds. The molecule has 3 aliphatic rings. The largest absolute Gasteiger partial charge is 0.102 e. The molecule has 3 aliphatic carbocycles. The van der Waals surface area contributed by atoms with Gasteiger partial charge in [0.2, 0.25) is 0 Å². The summed E-state index contributed by atoms with van der Waals surface area (Å²) in [6.07, 6.45) is 12.4. The molecule has 0 heteroatoms.